The zero-order chi connectivity index (χ0) is 21.7. The maximum absolute atomic E-state index is 12.9. The number of hydrogen-bond donors (Lipinski definition) is 3. The van der Waals surface area contributed by atoms with Crippen molar-refractivity contribution >= 4 is 17.6 Å². The van der Waals surface area contributed by atoms with Gasteiger partial charge in [0.1, 0.15) is 16.9 Å². The number of carbonyl (C=O) groups excluding carboxylic acids is 2. The van der Waals surface area contributed by atoms with Crippen LogP contribution in [0.25, 0.3) is 0 Å². The average molecular weight is 406 g/mol. The van der Waals surface area contributed by atoms with Crippen molar-refractivity contribution in [3.8, 4) is 11.8 Å². The van der Waals surface area contributed by atoms with Crippen LogP contribution in [0.2, 0.25) is 0 Å². The van der Waals surface area contributed by atoms with Gasteiger partial charge in [0.2, 0.25) is 5.91 Å². The number of hydrogen-bond acceptors (Lipinski definition) is 4. The molecule has 0 bridgehead atoms. The van der Waals surface area contributed by atoms with Crippen LogP contribution in [0.4, 0.5) is 5.82 Å². The molecule has 2 aromatic heterocycles. The topological polar surface area (TPSA) is 104 Å². The van der Waals surface area contributed by atoms with E-state index in [1.165, 1.54) is 6.92 Å². The fourth-order valence-electron chi connectivity index (χ4n) is 3.53. The molecule has 1 aliphatic rings. The molecule has 0 aromatic carbocycles. The largest absolute Gasteiger partial charge is 0.336 e. The van der Waals surface area contributed by atoms with Gasteiger partial charge in [-0.1, -0.05) is 31.1 Å². The molecule has 3 N–H and O–H groups in total. The van der Waals surface area contributed by atoms with Crippen molar-refractivity contribution in [1.29, 1.82) is 0 Å². The summed E-state index contributed by atoms with van der Waals surface area (Å²) in [5, 5.41) is 5.65. The number of anilines is 1. The lowest BCUT2D eigenvalue weighted by molar-refractivity contribution is -0.114. The van der Waals surface area contributed by atoms with E-state index in [1.807, 2.05) is 6.92 Å². The molecule has 0 spiro atoms. The Labute approximate surface area is 175 Å². The zero-order valence-electron chi connectivity index (χ0n) is 17.5. The normalized spacial score (nSPS) is 14.9. The zero-order valence-corrected chi connectivity index (χ0v) is 17.5. The first-order chi connectivity index (χ1) is 14.3. The smallest absolute Gasteiger partial charge is 0.261 e. The molecule has 7 nitrogen and oxygen atoms in total. The summed E-state index contributed by atoms with van der Waals surface area (Å²) in [5.74, 6) is 6.20. The third-order valence-corrected chi connectivity index (χ3v) is 5.32. The van der Waals surface area contributed by atoms with Crippen molar-refractivity contribution in [2.75, 3.05) is 5.32 Å². The second-order valence-corrected chi connectivity index (χ2v) is 7.78. The molecular weight excluding hydrogens is 380 g/mol. The highest BCUT2D eigenvalue weighted by molar-refractivity contribution is 5.95. The lowest BCUT2D eigenvalue weighted by atomic mass is 9.81. The number of aromatic nitrogens is 2. The minimum Gasteiger partial charge on any atom is -0.336 e. The molecular formula is C23H26N4O3. The average Bonchev–Trinajstić information content (AvgIpc) is 2.70. The molecule has 0 aliphatic heterocycles. The molecule has 1 saturated carbocycles. The highest BCUT2D eigenvalue weighted by Crippen LogP contribution is 2.28. The summed E-state index contributed by atoms with van der Waals surface area (Å²) >= 11 is 0. The van der Waals surface area contributed by atoms with Crippen molar-refractivity contribution < 1.29 is 9.59 Å². The molecule has 1 aliphatic carbocycles. The molecule has 0 atom stereocenters. The Bertz CT molecular complexity index is 1070. The fourth-order valence-corrected chi connectivity index (χ4v) is 3.53. The van der Waals surface area contributed by atoms with E-state index in [4.69, 9.17) is 0 Å². The SMILES string of the molecule is CC(=O)Nc1ccc(C#CC2(NC(=O)c3cc(C)c(C)[nH]c3=O)CCCCC2)cn1. The van der Waals surface area contributed by atoms with Gasteiger partial charge in [0.25, 0.3) is 11.5 Å². The number of H-pyrrole nitrogens is 1. The van der Waals surface area contributed by atoms with Crippen molar-refractivity contribution in [3.05, 3.63) is 57.1 Å². The minimum absolute atomic E-state index is 0.103. The molecule has 7 heteroatoms. The van der Waals surface area contributed by atoms with E-state index in [0.29, 0.717) is 11.4 Å². The molecule has 2 amide bonds. The van der Waals surface area contributed by atoms with Gasteiger partial charge in [0.05, 0.1) is 0 Å². The van der Waals surface area contributed by atoms with Crippen LogP contribution in [0, 0.1) is 25.7 Å². The summed E-state index contributed by atoms with van der Waals surface area (Å²) in [6, 6.07) is 5.09. The monoisotopic (exact) mass is 406 g/mol. The Morgan fingerprint density at radius 3 is 2.53 bits per heavy atom. The third kappa shape index (κ3) is 5.15. The Kier molecular flexibility index (Phi) is 6.36. The van der Waals surface area contributed by atoms with Gasteiger partial charge in [-0.25, -0.2) is 4.98 Å². The van der Waals surface area contributed by atoms with Crippen LogP contribution in [0.5, 0.6) is 0 Å². The van der Waals surface area contributed by atoms with Gasteiger partial charge in [-0.3, -0.25) is 14.4 Å². The van der Waals surface area contributed by atoms with E-state index in [9.17, 15) is 14.4 Å². The van der Waals surface area contributed by atoms with Crippen LogP contribution < -0.4 is 16.2 Å². The van der Waals surface area contributed by atoms with Crippen LogP contribution in [0.15, 0.2) is 29.2 Å². The Balaban J connectivity index is 1.84. The van der Waals surface area contributed by atoms with E-state index in [0.717, 1.165) is 43.4 Å². The first kappa shape index (κ1) is 21.3. The van der Waals surface area contributed by atoms with E-state index in [1.54, 1.807) is 31.3 Å². The highest BCUT2D eigenvalue weighted by atomic mass is 16.2. The summed E-state index contributed by atoms with van der Waals surface area (Å²) in [6.45, 7) is 5.08. The van der Waals surface area contributed by atoms with Gasteiger partial charge in [-0.15, -0.1) is 0 Å². The number of aromatic amines is 1. The number of carbonyl (C=O) groups is 2. The predicted octanol–water partition coefficient (Wildman–Crippen LogP) is 2.83. The van der Waals surface area contributed by atoms with Gasteiger partial charge in [-0.2, -0.15) is 0 Å². The summed E-state index contributed by atoms with van der Waals surface area (Å²) < 4.78 is 0. The Morgan fingerprint density at radius 1 is 1.17 bits per heavy atom. The quantitative estimate of drug-likeness (QED) is 0.682. The standard InChI is InChI=1S/C23H26N4O3/c1-15-13-19(21(29)25-16(15)2)22(30)27-23(10-5-4-6-11-23)12-9-18-7-8-20(24-14-18)26-17(3)28/h7-8,13-14H,4-6,10-11H2,1-3H3,(H,25,29)(H,27,30)(H,24,26,28). The minimum atomic E-state index is -0.684. The summed E-state index contributed by atoms with van der Waals surface area (Å²) in [7, 11) is 0. The fraction of sp³-hybridized carbons (Fsp3) is 0.391. The first-order valence-corrected chi connectivity index (χ1v) is 10.1. The van der Waals surface area contributed by atoms with Crippen molar-refractivity contribution in [2.24, 2.45) is 0 Å². The predicted molar refractivity (Wildman–Crippen MR) is 115 cm³/mol. The maximum Gasteiger partial charge on any atom is 0.261 e. The number of nitrogens with one attached hydrogen (secondary N) is 3. The highest BCUT2D eigenvalue weighted by Gasteiger charge is 2.32. The molecule has 2 aromatic rings. The van der Waals surface area contributed by atoms with Crippen LogP contribution >= 0.6 is 0 Å². The number of amides is 2. The van der Waals surface area contributed by atoms with Crippen molar-refractivity contribution in [2.45, 2.75) is 58.4 Å². The first-order valence-electron chi connectivity index (χ1n) is 10.1. The Hall–Kier alpha value is -3.40. The summed E-state index contributed by atoms with van der Waals surface area (Å²) in [6.07, 6.45) is 6.05. The molecule has 0 unspecified atom stereocenters. The number of nitrogens with zero attached hydrogens (tertiary/aromatic N) is 1. The molecule has 3 rings (SSSR count). The van der Waals surface area contributed by atoms with Gasteiger partial charge in [0, 0.05) is 24.4 Å². The van der Waals surface area contributed by atoms with Crippen LogP contribution in [-0.2, 0) is 4.79 Å². The molecule has 156 valence electrons. The van der Waals surface area contributed by atoms with Gasteiger partial charge < -0.3 is 15.6 Å². The van der Waals surface area contributed by atoms with Gasteiger partial charge in [-0.05, 0) is 50.5 Å². The van der Waals surface area contributed by atoms with Crippen molar-refractivity contribution in [1.82, 2.24) is 15.3 Å². The van der Waals surface area contributed by atoms with Gasteiger partial charge in [0.15, 0.2) is 0 Å². The Morgan fingerprint density at radius 2 is 1.90 bits per heavy atom. The lowest BCUT2D eigenvalue weighted by Crippen LogP contribution is -2.49. The van der Waals surface area contributed by atoms with Crippen LogP contribution in [0.1, 0.15) is 66.2 Å². The van der Waals surface area contributed by atoms with Crippen molar-refractivity contribution in [3.63, 3.8) is 0 Å². The maximum atomic E-state index is 12.9. The van der Waals surface area contributed by atoms with E-state index >= 15 is 0 Å². The second kappa shape index (κ2) is 8.95. The molecule has 0 saturated heterocycles. The number of pyridine rings is 2. The molecule has 1 fully saturated rings. The molecule has 30 heavy (non-hydrogen) atoms. The van der Waals surface area contributed by atoms with Crippen LogP contribution in [0.3, 0.4) is 0 Å². The lowest BCUT2D eigenvalue weighted by Gasteiger charge is -2.33. The molecule has 0 radical (unpaired) electrons. The van der Waals surface area contributed by atoms with Gasteiger partial charge >= 0.3 is 0 Å². The molecule has 2 heterocycles. The summed E-state index contributed by atoms with van der Waals surface area (Å²) in [4.78, 5) is 43.2. The second-order valence-electron chi connectivity index (χ2n) is 7.78. The third-order valence-electron chi connectivity index (χ3n) is 5.32. The summed E-state index contributed by atoms with van der Waals surface area (Å²) in [5.41, 5.74) is 1.32. The van der Waals surface area contributed by atoms with Crippen LogP contribution in [-0.4, -0.2) is 27.3 Å². The number of aryl methyl sites for hydroxylation is 2. The number of rotatable bonds is 3. The van der Waals surface area contributed by atoms with E-state index in [-0.39, 0.29) is 11.5 Å². The van der Waals surface area contributed by atoms with E-state index < -0.39 is 17.0 Å². The van der Waals surface area contributed by atoms with E-state index in [2.05, 4.69) is 32.4 Å².